The summed E-state index contributed by atoms with van der Waals surface area (Å²) in [6.45, 7) is 0. The maximum Gasteiger partial charge on any atom is 0.194 e. The second-order valence-corrected chi connectivity index (χ2v) is 6.74. The molecule has 1 aliphatic rings. The van der Waals surface area contributed by atoms with Gasteiger partial charge in [-0.1, -0.05) is 23.7 Å². The fourth-order valence-corrected chi connectivity index (χ4v) is 3.45. The molecular weight excluding hydrogens is 383 g/mol. The Hall–Kier alpha value is -0.870. The average molecular weight is 397 g/mol. The van der Waals surface area contributed by atoms with Gasteiger partial charge >= 0.3 is 0 Å². The quantitative estimate of drug-likeness (QED) is 0.512. The van der Waals surface area contributed by atoms with Gasteiger partial charge in [0.05, 0.1) is 0 Å². The summed E-state index contributed by atoms with van der Waals surface area (Å²) in [6, 6.07) is 11.6. The number of benzene rings is 2. The van der Waals surface area contributed by atoms with Crippen LogP contribution in [0.25, 0.3) is 0 Å². The fraction of sp³-hybridized carbons (Fsp3) is 0.235. The van der Waals surface area contributed by atoms with Crippen molar-refractivity contribution in [2.24, 2.45) is 0 Å². The average Bonchev–Trinajstić information content (AvgIpc) is 2.48. The van der Waals surface area contributed by atoms with Crippen molar-refractivity contribution in [3.8, 4) is 0 Å². The lowest BCUT2D eigenvalue weighted by molar-refractivity contribution is 0.103. The van der Waals surface area contributed by atoms with Crippen LogP contribution in [0.15, 0.2) is 36.4 Å². The number of hydrogen-bond acceptors (Lipinski definition) is 1. The molecule has 0 heterocycles. The van der Waals surface area contributed by atoms with Crippen LogP contribution in [0.3, 0.4) is 0 Å². The van der Waals surface area contributed by atoms with Gasteiger partial charge in [0.2, 0.25) is 0 Å². The Morgan fingerprint density at radius 3 is 2.55 bits per heavy atom. The van der Waals surface area contributed by atoms with Crippen LogP contribution in [0, 0.1) is 3.57 Å². The molecule has 0 saturated heterocycles. The van der Waals surface area contributed by atoms with E-state index < -0.39 is 0 Å². The third-order valence-electron chi connectivity index (χ3n) is 3.78. The highest BCUT2D eigenvalue weighted by Crippen LogP contribution is 2.25. The van der Waals surface area contributed by atoms with Gasteiger partial charge in [0, 0.05) is 19.7 Å². The molecule has 3 rings (SSSR count). The van der Waals surface area contributed by atoms with E-state index in [1.54, 1.807) is 6.07 Å². The number of fused-ring (bicyclic) bond motifs is 1. The van der Waals surface area contributed by atoms with Gasteiger partial charge in [0.1, 0.15) is 0 Å². The van der Waals surface area contributed by atoms with Gasteiger partial charge in [-0.15, -0.1) is 0 Å². The first kappa shape index (κ1) is 14.1. The van der Waals surface area contributed by atoms with Crippen LogP contribution in [-0.4, -0.2) is 5.78 Å². The van der Waals surface area contributed by atoms with E-state index in [1.165, 1.54) is 24.0 Å². The maximum atomic E-state index is 12.6. The summed E-state index contributed by atoms with van der Waals surface area (Å²) in [6.07, 6.45) is 4.70. The van der Waals surface area contributed by atoms with Gasteiger partial charge in [-0.05, 0) is 83.7 Å². The third kappa shape index (κ3) is 2.77. The molecule has 0 spiro atoms. The molecule has 0 aliphatic heterocycles. The highest BCUT2D eigenvalue weighted by atomic mass is 127. The molecule has 0 unspecified atom stereocenters. The van der Waals surface area contributed by atoms with Gasteiger partial charge in [-0.3, -0.25) is 4.79 Å². The molecule has 0 N–H and O–H groups in total. The number of hydrogen-bond donors (Lipinski definition) is 0. The molecule has 0 saturated carbocycles. The van der Waals surface area contributed by atoms with Gasteiger partial charge in [-0.2, -0.15) is 0 Å². The molecule has 0 aromatic heterocycles. The second-order valence-electron chi connectivity index (χ2n) is 5.14. The van der Waals surface area contributed by atoms with E-state index in [0.717, 1.165) is 22.0 Å². The lowest BCUT2D eigenvalue weighted by atomic mass is 9.89. The number of ketones is 1. The molecule has 20 heavy (non-hydrogen) atoms. The summed E-state index contributed by atoms with van der Waals surface area (Å²) in [4.78, 5) is 12.6. The number of halogens is 2. The third-order valence-corrected chi connectivity index (χ3v) is 4.96. The van der Waals surface area contributed by atoms with Crippen LogP contribution >= 0.6 is 34.2 Å². The number of carbonyl (C=O) groups excluding carboxylic acids is 1. The largest absolute Gasteiger partial charge is 0.289 e. The molecule has 1 aliphatic carbocycles. The van der Waals surface area contributed by atoms with Gasteiger partial charge in [-0.25, -0.2) is 0 Å². The molecule has 3 heteroatoms. The summed E-state index contributed by atoms with van der Waals surface area (Å²) >= 11 is 8.19. The summed E-state index contributed by atoms with van der Waals surface area (Å²) < 4.78 is 0.940. The van der Waals surface area contributed by atoms with Crippen molar-refractivity contribution < 1.29 is 4.79 Å². The molecule has 2 aromatic rings. The molecular formula is C17H14ClIO. The fourth-order valence-electron chi connectivity index (χ4n) is 2.70. The Balaban J connectivity index is 2.00. The maximum absolute atomic E-state index is 12.6. The predicted molar refractivity (Wildman–Crippen MR) is 90.7 cm³/mol. The number of rotatable bonds is 2. The molecule has 0 amide bonds. The molecule has 2 aromatic carbocycles. The van der Waals surface area contributed by atoms with Gasteiger partial charge < -0.3 is 0 Å². The number of aryl methyl sites for hydroxylation is 2. The Morgan fingerprint density at radius 1 is 1.00 bits per heavy atom. The molecule has 0 bridgehead atoms. The lowest BCUT2D eigenvalue weighted by Crippen LogP contribution is -2.08. The van der Waals surface area contributed by atoms with Crippen LogP contribution in [0.1, 0.15) is 39.9 Å². The topological polar surface area (TPSA) is 17.1 Å². The van der Waals surface area contributed by atoms with Crippen LogP contribution in [-0.2, 0) is 12.8 Å². The minimum absolute atomic E-state index is 0.0604. The molecule has 102 valence electrons. The SMILES string of the molecule is O=C(c1ccc2c(c1)CCCC2)c1cc(Cl)ccc1I. The molecule has 0 fully saturated rings. The van der Waals surface area contributed by atoms with Crippen molar-refractivity contribution in [3.63, 3.8) is 0 Å². The van der Waals surface area contributed by atoms with Gasteiger partial charge in [0.25, 0.3) is 0 Å². The Morgan fingerprint density at radius 2 is 1.75 bits per heavy atom. The molecule has 0 radical (unpaired) electrons. The smallest absolute Gasteiger partial charge is 0.194 e. The zero-order valence-electron chi connectivity index (χ0n) is 11.0. The predicted octanol–water partition coefficient (Wildman–Crippen LogP) is 5.05. The second kappa shape index (κ2) is 5.86. The Labute approximate surface area is 137 Å². The minimum atomic E-state index is 0.0604. The summed E-state index contributed by atoms with van der Waals surface area (Å²) in [5.41, 5.74) is 4.19. The van der Waals surface area contributed by atoms with Crippen molar-refractivity contribution in [2.45, 2.75) is 25.7 Å². The summed E-state index contributed by atoms with van der Waals surface area (Å²) in [5.74, 6) is 0.0604. The van der Waals surface area contributed by atoms with Crippen LogP contribution in [0.5, 0.6) is 0 Å². The highest BCUT2D eigenvalue weighted by molar-refractivity contribution is 14.1. The number of carbonyl (C=O) groups is 1. The Kier molecular flexibility index (Phi) is 4.13. The van der Waals surface area contributed by atoms with Crippen molar-refractivity contribution in [1.29, 1.82) is 0 Å². The highest BCUT2D eigenvalue weighted by Gasteiger charge is 2.16. The van der Waals surface area contributed by atoms with E-state index in [-0.39, 0.29) is 5.78 Å². The van der Waals surface area contributed by atoms with Crippen LogP contribution in [0.2, 0.25) is 5.02 Å². The zero-order valence-corrected chi connectivity index (χ0v) is 13.9. The van der Waals surface area contributed by atoms with Crippen LogP contribution in [0.4, 0.5) is 0 Å². The Bertz CT molecular complexity index is 679. The van der Waals surface area contributed by atoms with Crippen molar-refractivity contribution in [3.05, 3.63) is 67.2 Å². The zero-order chi connectivity index (χ0) is 14.1. The first-order chi connectivity index (χ1) is 9.65. The standard InChI is InChI=1S/C17H14ClIO/c18-14-7-8-16(19)15(10-14)17(20)13-6-5-11-3-1-2-4-12(11)9-13/h5-10H,1-4H2. The van der Waals surface area contributed by atoms with Gasteiger partial charge in [0.15, 0.2) is 5.78 Å². The van der Waals surface area contributed by atoms with Crippen LogP contribution < -0.4 is 0 Å². The minimum Gasteiger partial charge on any atom is -0.289 e. The molecule has 1 nitrogen and oxygen atoms in total. The van der Waals surface area contributed by atoms with E-state index >= 15 is 0 Å². The first-order valence-electron chi connectivity index (χ1n) is 6.77. The normalized spacial score (nSPS) is 13.9. The monoisotopic (exact) mass is 396 g/mol. The summed E-state index contributed by atoms with van der Waals surface area (Å²) in [5, 5.41) is 0.603. The van der Waals surface area contributed by atoms with E-state index in [9.17, 15) is 4.79 Å². The summed E-state index contributed by atoms with van der Waals surface area (Å²) in [7, 11) is 0. The van der Waals surface area contributed by atoms with E-state index in [0.29, 0.717) is 10.6 Å². The van der Waals surface area contributed by atoms with E-state index in [1.807, 2.05) is 18.2 Å². The first-order valence-corrected chi connectivity index (χ1v) is 8.22. The van der Waals surface area contributed by atoms with E-state index in [2.05, 4.69) is 34.7 Å². The molecule has 0 atom stereocenters. The lowest BCUT2D eigenvalue weighted by Gasteiger charge is -2.16. The van der Waals surface area contributed by atoms with Crippen molar-refractivity contribution in [1.82, 2.24) is 0 Å². The van der Waals surface area contributed by atoms with Crippen molar-refractivity contribution in [2.75, 3.05) is 0 Å². The van der Waals surface area contributed by atoms with Crippen molar-refractivity contribution >= 4 is 40.0 Å². The van der Waals surface area contributed by atoms with E-state index in [4.69, 9.17) is 11.6 Å².